The zero-order valence-electron chi connectivity index (χ0n) is 11.7. The van der Waals surface area contributed by atoms with Crippen LogP contribution < -0.4 is 10.6 Å². The van der Waals surface area contributed by atoms with Crippen LogP contribution in [0.5, 0.6) is 0 Å². The average molecular weight is 272 g/mol. The first-order valence-corrected chi connectivity index (χ1v) is 7.00. The summed E-state index contributed by atoms with van der Waals surface area (Å²) in [6.07, 6.45) is 6.05. The lowest BCUT2D eigenvalue weighted by Gasteiger charge is -2.14. The van der Waals surface area contributed by atoms with Crippen LogP contribution in [0.25, 0.3) is 6.08 Å². The Kier molecular flexibility index (Phi) is 4.93. The second-order valence-electron chi connectivity index (χ2n) is 5.10. The lowest BCUT2D eigenvalue weighted by molar-refractivity contribution is -0.122. The van der Waals surface area contributed by atoms with Gasteiger partial charge in [-0.15, -0.1) is 0 Å². The van der Waals surface area contributed by atoms with Gasteiger partial charge in [-0.25, -0.2) is 0 Å². The molecule has 2 N–H and O–H groups in total. The lowest BCUT2D eigenvalue weighted by Crippen LogP contribution is -2.38. The van der Waals surface area contributed by atoms with Crippen molar-refractivity contribution in [3.8, 4) is 0 Å². The summed E-state index contributed by atoms with van der Waals surface area (Å²) in [6, 6.07) is 9.72. The van der Waals surface area contributed by atoms with Crippen molar-refractivity contribution < 1.29 is 9.59 Å². The Balaban J connectivity index is 2.11. The highest BCUT2D eigenvalue weighted by Gasteiger charge is 2.19. The van der Waals surface area contributed by atoms with Crippen molar-refractivity contribution in [2.45, 2.75) is 38.6 Å². The largest absolute Gasteiger partial charge is 0.348 e. The van der Waals surface area contributed by atoms with Crippen LogP contribution in [-0.4, -0.2) is 17.9 Å². The van der Waals surface area contributed by atoms with Crippen LogP contribution in [0.4, 0.5) is 0 Å². The molecule has 1 aromatic carbocycles. The second-order valence-corrected chi connectivity index (χ2v) is 5.10. The van der Waals surface area contributed by atoms with Crippen molar-refractivity contribution in [3.05, 3.63) is 41.6 Å². The van der Waals surface area contributed by atoms with Gasteiger partial charge in [-0.3, -0.25) is 9.59 Å². The van der Waals surface area contributed by atoms with Crippen LogP contribution in [-0.2, 0) is 9.59 Å². The summed E-state index contributed by atoms with van der Waals surface area (Å²) in [6.45, 7) is 1.40. The lowest BCUT2D eigenvalue weighted by atomic mass is 10.1. The predicted octanol–water partition coefficient (Wildman–Crippen LogP) is 2.22. The van der Waals surface area contributed by atoms with Gasteiger partial charge in [0.2, 0.25) is 5.91 Å². The number of rotatable bonds is 4. The zero-order chi connectivity index (χ0) is 14.4. The molecule has 0 atom stereocenters. The van der Waals surface area contributed by atoms with Gasteiger partial charge >= 0.3 is 0 Å². The predicted molar refractivity (Wildman–Crippen MR) is 78.6 cm³/mol. The van der Waals surface area contributed by atoms with E-state index in [0.29, 0.717) is 5.70 Å². The van der Waals surface area contributed by atoms with E-state index < -0.39 is 0 Å². The van der Waals surface area contributed by atoms with Crippen LogP contribution in [0.3, 0.4) is 0 Å². The molecule has 0 heterocycles. The van der Waals surface area contributed by atoms with E-state index in [-0.39, 0.29) is 17.9 Å². The molecule has 0 saturated heterocycles. The smallest absolute Gasteiger partial charge is 0.268 e. The number of carbonyl (C=O) groups excluding carboxylic acids is 2. The fourth-order valence-corrected chi connectivity index (χ4v) is 2.40. The molecule has 106 valence electrons. The molecule has 0 spiro atoms. The average Bonchev–Trinajstić information content (AvgIpc) is 2.91. The van der Waals surface area contributed by atoms with Crippen LogP contribution >= 0.6 is 0 Å². The Labute approximate surface area is 119 Å². The Morgan fingerprint density at radius 2 is 1.80 bits per heavy atom. The molecule has 2 amide bonds. The molecule has 0 radical (unpaired) electrons. The monoisotopic (exact) mass is 272 g/mol. The van der Waals surface area contributed by atoms with E-state index in [1.165, 1.54) is 6.92 Å². The van der Waals surface area contributed by atoms with Gasteiger partial charge in [0.1, 0.15) is 5.70 Å². The molecular weight excluding hydrogens is 252 g/mol. The molecule has 20 heavy (non-hydrogen) atoms. The molecule has 1 aliphatic carbocycles. The molecule has 4 nitrogen and oxygen atoms in total. The number of amides is 2. The molecular formula is C16H20N2O2. The Hall–Kier alpha value is -2.10. The van der Waals surface area contributed by atoms with Crippen LogP contribution in [0.2, 0.25) is 0 Å². The SMILES string of the molecule is CC(=O)NC(=Cc1ccccc1)C(=O)NC1CCCC1. The maximum atomic E-state index is 12.2. The fourth-order valence-electron chi connectivity index (χ4n) is 2.40. The van der Waals surface area contributed by atoms with Gasteiger partial charge < -0.3 is 10.6 Å². The van der Waals surface area contributed by atoms with Crippen LogP contribution in [0.1, 0.15) is 38.2 Å². The minimum absolute atomic E-state index is 0.212. The van der Waals surface area contributed by atoms with Gasteiger partial charge in [0.25, 0.3) is 5.91 Å². The van der Waals surface area contributed by atoms with Gasteiger partial charge in [-0.1, -0.05) is 43.2 Å². The topological polar surface area (TPSA) is 58.2 Å². The summed E-state index contributed by atoms with van der Waals surface area (Å²) in [7, 11) is 0. The zero-order valence-corrected chi connectivity index (χ0v) is 11.7. The number of hydrogen-bond acceptors (Lipinski definition) is 2. The summed E-state index contributed by atoms with van der Waals surface area (Å²) < 4.78 is 0. The highest BCUT2D eigenvalue weighted by Crippen LogP contribution is 2.18. The Bertz CT molecular complexity index is 502. The standard InChI is InChI=1S/C16H20N2O2/c1-12(19)17-15(11-13-7-3-2-4-8-13)16(20)18-14-9-5-6-10-14/h2-4,7-8,11,14H,5-6,9-10H2,1H3,(H,17,19)(H,18,20). The van der Waals surface area contributed by atoms with Crippen molar-refractivity contribution >= 4 is 17.9 Å². The minimum Gasteiger partial charge on any atom is -0.348 e. The summed E-state index contributed by atoms with van der Waals surface area (Å²) in [5.41, 5.74) is 1.19. The van der Waals surface area contributed by atoms with E-state index in [1.807, 2.05) is 30.3 Å². The summed E-state index contributed by atoms with van der Waals surface area (Å²) in [5.74, 6) is -0.454. The molecule has 1 aliphatic rings. The summed E-state index contributed by atoms with van der Waals surface area (Å²) in [5, 5.41) is 5.59. The van der Waals surface area contributed by atoms with Gasteiger partial charge in [-0.2, -0.15) is 0 Å². The molecule has 0 aliphatic heterocycles. The van der Waals surface area contributed by atoms with E-state index in [4.69, 9.17) is 0 Å². The van der Waals surface area contributed by atoms with Gasteiger partial charge in [0.15, 0.2) is 0 Å². The number of benzene rings is 1. The number of hydrogen-bond donors (Lipinski definition) is 2. The fraction of sp³-hybridized carbons (Fsp3) is 0.375. The molecule has 0 aromatic heterocycles. The highest BCUT2D eigenvalue weighted by atomic mass is 16.2. The van der Waals surface area contributed by atoms with Crippen molar-refractivity contribution in [1.29, 1.82) is 0 Å². The highest BCUT2D eigenvalue weighted by molar-refractivity contribution is 6.01. The van der Waals surface area contributed by atoms with E-state index in [2.05, 4.69) is 10.6 Å². The van der Waals surface area contributed by atoms with Crippen LogP contribution in [0, 0.1) is 0 Å². The Morgan fingerprint density at radius 1 is 1.15 bits per heavy atom. The van der Waals surface area contributed by atoms with Crippen molar-refractivity contribution in [2.75, 3.05) is 0 Å². The normalized spacial score (nSPS) is 15.9. The van der Waals surface area contributed by atoms with E-state index in [1.54, 1.807) is 6.08 Å². The van der Waals surface area contributed by atoms with Gasteiger partial charge in [0.05, 0.1) is 0 Å². The second kappa shape index (κ2) is 6.89. The molecule has 1 aromatic rings. The maximum Gasteiger partial charge on any atom is 0.268 e. The molecule has 1 saturated carbocycles. The third-order valence-electron chi connectivity index (χ3n) is 3.36. The van der Waals surface area contributed by atoms with E-state index >= 15 is 0 Å². The molecule has 0 bridgehead atoms. The third kappa shape index (κ3) is 4.23. The molecule has 0 unspecified atom stereocenters. The number of carbonyl (C=O) groups is 2. The maximum absolute atomic E-state index is 12.2. The van der Waals surface area contributed by atoms with E-state index in [9.17, 15) is 9.59 Å². The number of nitrogens with one attached hydrogen (secondary N) is 2. The molecule has 4 heteroatoms. The first-order valence-electron chi connectivity index (χ1n) is 7.00. The first kappa shape index (κ1) is 14.3. The molecule has 2 rings (SSSR count). The van der Waals surface area contributed by atoms with Crippen LogP contribution in [0.15, 0.2) is 36.0 Å². The van der Waals surface area contributed by atoms with Gasteiger partial charge in [-0.05, 0) is 24.5 Å². The van der Waals surface area contributed by atoms with E-state index in [0.717, 1.165) is 31.2 Å². The van der Waals surface area contributed by atoms with Gasteiger partial charge in [0, 0.05) is 13.0 Å². The summed E-state index contributed by atoms with van der Waals surface area (Å²) >= 11 is 0. The molecule has 1 fully saturated rings. The summed E-state index contributed by atoms with van der Waals surface area (Å²) in [4.78, 5) is 23.5. The Morgan fingerprint density at radius 3 is 2.40 bits per heavy atom. The quantitative estimate of drug-likeness (QED) is 0.826. The first-order chi connectivity index (χ1) is 9.65. The van der Waals surface area contributed by atoms with Crippen molar-refractivity contribution in [1.82, 2.24) is 10.6 Å². The van der Waals surface area contributed by atoms with Crippen molar-refractivity contribution in [2.24, 2.45) is 0 Å². The van der Waals surface area contributed by atoms with Crippen molar-refractivity contribution in [3.63, 3.8) is 0 Å². The minimum atomic E-state index is -0.242. The third-order valence-corrected chi connectivity index (χ3v) is 3.36.